The fourth-order valence-electron chi connectivity index (χ4n) is 10.2. The van der Waals surface area contributed by atoms with Crippen molar-refractivity contribution in [2.75, 3.05) is 55.7 Å². The highest BCUT2D eigenvalue weighted by Gasteiger charge is 2.27. The quantitative estimate of drug-likeness (QED) is 0.00931. The standard InChI is InChI=1S/C65H71Cl5N5O7/c66-37-54(76)32-51(11-5-6-12-62(75-27-7-2-8-28-75)47-19-26-61-59(31-47)60(42-71-61)65-64(81-29-30-82-65)46-9-3-1-4-10-46)72-48-20-13-43(14-21-48)63(44-15-22-49(23-16-44)73-52(33-55(77)38-67)34-56(78)39-68)45-17-24-50(25-18-45)74-53(35-57(79)40-69)36-58(80)41-70/h1,3-5,9-11,13-26,31,42,54-58,76-80H,2,6-8,12,27-30,32-41H2/q+1/p+1. The number of benzene rings is 5. The Balaban J connectivity index is 1.07. The number of nitrogens with zero attached hydrogens (tertiary/aromatic N) is 4. The molecule has 12 nitrogen and oxygen atoms in total. The Labute approximate surface area is 506 Å². The number of aromatic nitrogens is 1. The average molecular weight is 1210 g/mol. The van der Waals surface area contributed by atoms with Gasteiger partial charge in [0.1, 0.15) is 26.3 Å². The number of hydrogen-bond acceptors (Lipinski definition) is 10. The minimum absolute atomic E-state index is 0.0262. The Morgan fingerprint density at radius 3 is 1.54 bits per heavy atom. The maximum atomic E-state index is 10.9. The van der Waals surface area contributed by atoms with E-state index in [0.717, 1.165) is 100 Å². The van der Waals surface area contributed by atoms with Gasteiger partial charge in [0.25, 0.3) is 0 Å². The first-order chi connectivity index (χ1) is 39.9. The number of aliphatic hydroxyl groups is 5. The molecule has 6 aromatic rings. The van der Waals surface area contributed by atoms with Crippen LogP contribution in [0.2, 0.25) is 0 Å². The molecule has 6 N–H and O–H groups in total. The van der Waals surface area contributed by atoms with Gasteiger partial charge in [-0.15, -0.1) is 58.0 Å². The third kappa shape index (κ3) is 17.8. The van der Waals surface area contributed by atoms with Crippen molar-refractivity contribution in [1.29, 1.82) is 0 Å². The molecule has 5 unspecified atom stereocenters. The number of H-pyrrole nitrogens is 1. The molecule has 2 aliphatic heterocycles. The van der Waals surface area contributed by atoms with Crippen LogP contribution in [0.25, 0.3) is 22.4 Å². The number of halogens is 5. The normalized spacial score (nSPS) is 15.8. The molecule has 3 heterocycles. The molecule has 1 saturated heterocycles. The van der Waals surface area contributed by atoms with Crippen LogP contribution >= 0.6 is 58.0 Å². The van der Waals surface area contributed by atoms with Crippen LogP contribution in [0.4, 0.5) is 17.1 Å². The summed E-state index contributed by atoms with van der Waals surface area (Å²) in [4.78, 5) is 18.1. The minimum atomic E-state index is -0.827. The van der Waals surface area contributed by atoms with E-state index in [2.05, 4.69) is 33.8 Å². The average Bonchev–Trinajstić information content (AvgIpc) is 4.02. The lowest BCUT2D eigenvalue weighted by molar-refractivity contribution is -0.537. The first-order valence-corrected chi connectivity index (χ1v) is 30.7. The van der Waals surface area contributed by atoms with E-state index in [9.17, 15) is 25.5 Å². The molecule has 2 aliphatic rings. The van der Waals surface area contributed by atoms with E-state index in [-0.39, 0.29) is 61.5 Å². The van der Waals surface area contributed by atoms with Gasteiger partial charge >= 0.3 is 0 Å². The summed E-state index contributed by atoms with van der Waals surface area (Å²) in [5, 5.41) is 53.4. The Morgan fingerprint density at radius 1 is 0.561 bits per heavy atom. The molecular weight excluding hydrogens is 1140 g/mol. The Hall–Kier alpha value is -5.48. The maximum absolute atomic E-state index is 10.9. The number of alkyl halides is 5. The number of rotatable bonds is 28. The van der Waals surface area contributed by atoms with Crippen molar-refractivity contribution >= 4 is 120 Å². The van der Waals surface area contributed by atoms with Crippen molar-refractivity contribution in [2.45, 2.75) is 94.7 Å². The second-order valence-corrected chi connectivity index (χ2v) is 22.2. The van der Waals surface area contributed by atoms with Crippen molar-refractivity contribution in [3.8, 4) is 0 Å². The van der Waals surface area contributed by atoms with E-state index in [1.165, 1.54) is 12.1 Å². The summed E-state index contributed by atoms with van der Waals surface area (Å²) in [6, 6.07) is 40.1. The van der Waals surface area contributed by atoms with Crippen LogP contribution in [-0.2, 0) is 9.47 Å². The number of hydrogen-bond donors (Lipinski definition) is 6. The largest absolute Gasteiger partial charge is 0.485 e. The van der Waals surface area contributed by atoms with Crippen LogP contribution in [-0.4, -0.2) is 144 Å². The van der Waals surface area contributed by atoms with Crippen LogP contribution in [0, 0.1) is 5.92 Å². The van der Waals surface area contributed by atoms with Crippen molar-refractivity contribution in [3.63, 3.8) is 0 Å². The van der Waals surface area contributed by atoms with Crippen molar-refractivity contribution < 1.29 is 39.6 Å². The maximum Gasteiger partial charge on any atom is 0.183 e. The molecule has 82 heavy (non-hydrogen) atoms. The molecule has 1 fully saturated rings. The topological polar surface area (TPSA) is 175 Å². The third-order valence-electron chi connectivity index (χ3n) is 14.2. The van der Waals surface area contributed by atoms with Gasteiger partial charge < -0.3 is 40.0 Å². The molecule has 5 aromatic carbocycles. The molecule has 0 radical (unpaired) electrons. The van der Waals surface area contributed by atoms with Gasteiger partial charge in [0.05, 0.1) is 70.2 Å². The summed E-state index contributed by atoms with van der Waals surface area (Å²) >= 11 is 30.0. The van der Waals surface area contributed by atoms with E-state index >= 15 is 0 Å². The first kappa shape index (κ1) is 62.6. The van der Waals surface area contributed by atoms with Crippen LogP contribution in [0.15, 0.2) is 155 Å². The molecule has 8 rings (SSSR count). The predicted molar refractivity (Wildman–Crippen MR) is 338 cm³/mol. The molecule has 5 atom stereocenters. The van der Waals surface area contributed by atoms with Gasteiger partial charge in [-0.3, -0.25) is 15.0 Å². The Morgan fingerprint density at radius 2 is 1.04 bits per heavy atom. The van der Waals surface area contributed by atoms with Gasteiger partial charge in [-0.2, -0.15) is 0 Å². The number of nitrogens with one attached hydrogen (secondary N) is 1. The monoisotopic (exact) mass is 1210 g/mol. The minimum Gasteiger partial charge on any atom is -0.485 e. The third-order valence-corrected chi connectivity index (χ3v) is 16.0. The highest BCUT2D eigenvalue weighted by atomic mass is 35.5. The van der Waals surface area contributed by atoms with E-state index in [4.69, 9.17) is 82.5 Å². The van der Waals surface area contributed by atoms with Gasteiger partial charge in [0.2, 0.25) is 0 Å². The zero-order chi connectivity index (χ0) is 57.8. The lowest BCUT2D eigenvalue weighted by Gasteiger charge is -2.22. The van der Waals surface area contributed by atoms with Crippen molar-refractivity contribution in [3.05, 3.63) is 179 Å². The summed E-state index contributed by atoms with van der Waals surface area (Å²) in [5.41, 5.74) is 11.9. The molecule has 0 bridgehead atoms. The molecule has 0 aliphatic carbocycles. The van der Waals surface area contributed by atoms with Crippen LogP contribution in [0.5, 0.6) is 0 Å². The SMILES string of the molecule is OC(CCl)CC(C=CCCC(c1ccc2[nH]cc(C3=C(c4ccccc4)OCCO3)c2c1)=[N+]1CCCCC1)=Nc1ccc([C+](c2ccc(N=C(CC(O)CCl)CC(O)CCl)cc2)c2ccc(N=C(CC(O)CCl)CC(O)CCl)cc2)cc1. The van der Waals surface area contributed by atoms with Crippen LogP contribution in [0.3, 0.4) is 0 Å². The number of allylic oxidation sites excluding steroid dienone is 2. The van der Waals surface area contributed by atoms with E-state index < -0.39 is 30.5 Å². The van der Waals surface area contributed by atoms with Gasteiger partial charge in [-0.1, -0.05) is 36.4 Å². The zero-order valence-corrected chi connectivity index (χ0v) is 49.6. The lowest BCUT2D eigenvalue weighted by Crippen LogP contribution is -2.27. The molecular formula is C65H72Cl5N5O7+2. The van der Waals surface area contributed by atoms with Gasteiger partial charge in [-0.25, -0.2) is 4.58 Å². The highest BCUT2D eigenvalue weighted by Crippen LogP contribution is 2.37. The van der Waals surface area contributed by atoms with Crippen LogP contribution < -0.4 is 0 Å². The molecule has 0 amide bonds. The first-order valence-electron chi connectivity index (χ1n) is 28.0. The molecule has 0 spiro atoms. The van der Waals surface area contributed by atoms with Crippen molar-refractivity contribution in [1.82, 2.24) is 4.98 Å². The fourth-order valence-corrected chi connectivity index (χ4v) is 10.8. The van der Waals surface area contributed by atoms with E-state index in [1.807, 2.05) is 115 Å². The van der Waals surface area contributed by atoms with Crippen molar-refractivity contribution in [2.24, 2.45) is 15.0 Å². The summed E-state index contributed by atoms with van der Waals surface area (Å²) in [6.07, 6.45) is 8.10. The van der Waals surface area contributed by atoms with Gasteiger partial charge in [0, 0.05) is 132 Å². The number of aliphatic hydroxyl groups excluding tert-OH is 5. The number of fused-ring (bicyclic) bond motifs is 1. The number of aliphatic imine (C=N–C) groups is 3. The summed E-state index contributed by atoms with van der Waals surface area (Å²) in [5.74, 6) is 2.55. The van der Waals surface area contributed by atoms with Gasteiger partial charge in [-0.05, 0) is 110 Å². The molecule has 1 aromatic heterocycles. The molecule has 432 valence electrons. The Bertz CT molecular complexity index is 3070. The van der Waals surface area contributed by atoms with E-state index in [0.29, 0.717) is 47.4 Å². The summed E-state index contributed by atoms with van der Waals surface area (Å²) < 4.78 is 15.1. The van der Waals surface area contributed by atoms with Crippen LogP contribution in [0.1, 0.15) is 97.6 Å². The highest BCUT2D eigenvalue weighted by molar-refractivity contribution is 6.19. The number of aromatic amines is 1. The zero-order valence-electron chi connectivity index (χ0n) is 45.8. The molecule has 0 saturated carbocycles. The second kappa shape index (κ2) is 32.0. The van der Waals surface area contributed by atoms with Gasteiger partial charge in [0.15, 0.2) is 17.2 Å². The Kier molecular flexibility index (Phi) is 24.4. The second-order valence-electron chi connectivity index (χ2n) is 20.7. The van der Waals surface area contributed by atoms with E-state index in [1.54, 1.807) is 0 Å². The predicted octanol–water partition coefficient (Wildman–Crippen LogP) is 13.2. The lowest BCUT2D eigenvalue weighted by atomic mass is 9.85. The smallest absolute Gasteiger partial charge is 0.183 e. The summed E-state index contributed by atoms with van der Waals surface area (Å²) in [6.45, 7) is 2.94. The summed E-state index contributed by atoms with van der Waals surface area (Å²) in [7, 11) is 0. The molecule has 17 heteroatoms. The number of ether oxygens (including phenoxy) is 2. The fraction of sp³-hybridized carbons (Fsp3) is 0.369. The number of piperidine rings is 1.